The standard InChI is InChI=1S/C27H37F2N7O2/c1-32-15-18(14-30)20-12-17-4-3-8-36(24(17)13-21(20)25(28)29)26(31)22-16-35(27(37)33-2)9-5-23(22)34-19-6-10-38-11-7-19/h12-15,19,25,31,34H,3-11,16,30H2,1-2H3,(H,33,37)/b18-14+,31-26?,32-15?. The fourth-order valence-corrected chi connectivity index (χ4v) is 5.38. The monoisotopic (exact) mass is 529 g/mol. The zero-order valence-electron chi connectivity index (χ0n) is 22.0. The van der Waals surface area contributed by atoms with Crippen LogP contribution in [0.2, 0.25) is 0 Å². The number of urea groups is 1. The van der Waals surface area contributed by atoms with Crippen molar-refractivity contribution in [3.05, 3.63) is 46.3 Å². The minimum absolute atomic E-state index is 0.148. The first-order valence-electron chi connectivity index (χ1n) is 13.1. The number of nitrogens with one attached hydrogen (secondary N) is 3. The Morgan fingerprint density at radius 2 is 2.03 bits per heavy atom. The Balaban J connectivity index is 1.73. The average Bonchev–Trinajstić information content (AvgIpc) is 2.94. The summed E-state index contributed by atoms with van der Waals surface area (Å²) in [6.07, 6.45) is 3.84. The Morgan fingerprint density at radius 3 is 2.68 bits per heavy atom. The second kappa shape index (κ2) is 12.4. The van der Waals surface area contributed by atoms with Crippen LogP contribution in [-0.2, 0) is 11.2 Å². The lowest BCUT2D eigenvalue weighted by molar-refractivity contribution is 0.0798. The van der Waals surface area contributed by atoms with E-state index in [0.29, 0.717) is 61.5 Å². The van der Waals surface area contributed by atoms with Crippen molar-refractivity contribution in [2.24, 2.45) is 10.7 Å². The van der Waals surface area contributed by atoms with Crippen molar-refractivity contribution in [2.75, 3.05) is 51.8 Å². The lowest BCUT2D eigenvalue weighted by Crippen LogP contribution is -2.48. The lowest BCUT2D eigenvalue weighted by Gasteiger charge is -2.38. The highest BCUT2D eigenvalue weighted by Gasteiger charge is 2.32. The van der Waals surface area contributed by atoms with Gasteiger partial charge in [-0.2, -0.15) is 0 Å². The van der Waals surface area contributed by atoms with E-state index in [1.165, 1.54) is 18.5 Å². The molecule has 3 aliphatic rings. The molecule has 0 bridgehead atoms. The van der Waals surface area contributed by atoms with Crippen LogP contribution in [0.1, 0.15) is 48.8 Å². The number of fused-ring (bicyclic) bond motifs is 1. The summed E-state index contributed by atoms with van der Waals surface area (Å²) in [6, 6.07) is 3.27. The van der Waals surface area contributed by atoms with Crippen LogP contribution in [0.5, 0.6) is 0 Å². The molecule has 0 unspecified atom stereocenters. The number of benzene rings is 1. The van der Waals surface area contributed by atoms with Crippen LogP contribution in [0.15, 0.2) is 34.6 Å². The van der Waals surface area contributed by atoms with Gasteiger partial charge in [0.1, 0.15) is 5.84 Å². The normalized spacial score (nSPS) is 19.2. The number of allylic oxidation sites excluding steroid dienone is 1. The second-order valence-electron chi connectivity index (χ2n) is 9.70. The Labute approximate surface area is 222 Å². The molecule has 0 saturated carbocycles. The molecule has 1 fully saturated rings. The van der Waals surface area contributed by atoms with Crippen LogP contribution >= 0.6 is 0 Å². The smallest absolute Gasteiger partial charge is 0.317 e. The van der Waals surface area contributed by atoms with E-state index in [4.69, 9.17) is 10.5 Å². The number of aryl methyl sites for hydroxylation is 1. The summed E-state index contributed by atoms with van der Waals surface area (Å²) in [7, 11) is 3.16. The molecule has 1 aromatic carbocycles. The number of halogens is 2. The number of nitrogens with zero attached hydrogens (tertiary/aromatic N) is 3. The fraction of sp³-hybridized carbons (Fsp3) is 0.519. The van der Waals surface area contributed by atoms with Gasteiger partial charge in [-0.3, -0.25) is 10.4 Å². The topological polar surface area (TPSA) is 119 Å². The van der Waals surface area contributed by atoms with Crippen LogP contribution in [0.25, 0.3) is 5.57 Å². The summed E-state index contributed by atoms with van der Waals surface area (Å²) >= 11 is 0. The molecule has 206 valence electrons. The molecule has 3 aliphatic heterocycles. The van der Waals surface area contributed by atoms with E-state index in [1.54, 1.807) is 25.1 Å². The van der Waals surface area contributed by atoms with Crippen LogP contribution in [0.3, 0.4) is 0 Å². The average molecular weight is 530 g/mol. The molecular weight excluding hydrogens is 492 g/mol. The number of amides is 2. The molecule has 0 aliphatic carbocycles. The lowest BCUT2D eigenvalue weighted by atomic mass is 9.91. The number of alkyl halides is 2. The summed E-state index contributed by atoms with van der Waals surface area (Å²) in [5, 5.41) is 15.6. The number of amidine groups is 1. The molecule has 9 nitrogen and oxygen atoms in total. The minimum Gasteiger partial charge on any atom is -0.404 e. The molecule has 0 atom stereocenters. The van der Waals surface area contributed by atoms with E-state index in [1.807, 2.05) is 4.90 Å². The van der Waals surface area contributed by atoms with Gasteiger partial charge in [0.25, 0.3) is 6.43 Å². The third kappa shape index (κ3) is 5.82. The largest absolute Gasteiger partial charge is 0.404 e. The van der Waals surface area contributed by atoms with Gasteiger partial charge < -0.3 is 30.9 Å². The third-order valence-electron chi connectivity index (χ3n) is 7.36. The molecule has 38 heavy (non-hydrogen) atoms. The highest BCUT2D eigenvalue weighted by Crippen LogP contribution is 2.38. The fourth-order valence-electron chi connectivity index (χ4n) is 5.38. The zero-order valence-corrected chi connectivity index (χ0v) is 22.0. The third-order valence-corrected chi connectivity index (χ3v) is 7.36. The summed E-state index contributed by atoms with van der Waals surface area (Å²) in [6.45, 7) is 2.69. The first-order valence-corrected chi connectivity index (χ1v) is 13.1. The number of anilines is 1. The maximum atomic E-state index is 14.3. The molecule has 2 amide bonds. The highest BCUT2D eigenvalue weighted by atomic mass is 19.3. The van der Waals surface area contributed by atoms with Crippen molar-refractivity contribution in [1.29, 1.82) is 5.41 Å². The maximum absolute atomic E-state index is 14.3. The number of aliphatic imine (C=N–C) groups is 1. The van der Waals surface area contributed by atoms with Crippen LogP contribution in [0.4, 0.5) is 19.3 Å². The maximum Gasteiger partial charge on any atom is 0.317 e. The molecule has 0 spiro atoms. The Hall–Kier alpha value is -3.47. The van der Waals surface area contributed by atoms with Crippen molar-refractivity contribution in [3.63, 3.8) is 0 Å². The Bertz CT molecular complexity index is 1140. The van der Waals surface area contributed by atoms with Gasteiger partial charge >= 0.3 is 6.03 Å². The number of ether oxygens (including phenoxy) is 1. The number of hydrogen-bond donors (Lipinski definition) is 4. The molecule has 0 radical (unpaired) electrons. The van der Waals surface area contributed by atoms with Crippen molar-refractivity contribution in [1.82, 2.24) is 15.5 Å². The van der Waals surface area contributed by atoms with E-state index in [0.717, 1.165) is 30.5 Å². The second-order valence-corrected chi connectivity index (χ2v) is 9.70. The SMILES string of the molecule is CN=C/C(=C\N)c1cc2c(cc1C(F)F)N(C(=N)C1=C(NC3CCOCC3)CCN(C(=O)NC)C1)CCC2. The Morgan fingerprint density at radius 1 is 1.26 bits per heavy atom. The summed E-state index contributed by atoms with van der Waals surface area (Å²) < 4.78 is 34.0. The molecule has 5 N–H and O–H groups in total. The number of carbonyl (C=O) groups is 1. The van der Waals surface area contributed by atoms with Crippen molar-refractivity contribution in [2.45, 2.75) is 44.6 Å². The number of nitrogens with two attached hydrogens (primary N) is 1. The minimum atomic E-state index is -2.73. The van der Waals surface area contributed by atoms with Gasteiger partial charge in [0.05, 0.1) is 6.54 Å². The predicted octanol–water partition coefficient (Wildman–Crippen LogP) is 3.42. The van der Waals surface area contributed by atoms with Crippen LogP contribution in [-0.4, -0.2) is 76.0 Å². The number of rotatable bonds is 6. The quantitative estimate of drug-likeness (QED) is 0.333. The van der Waals surface area contributed by atoms with Crippen LogP contribution in [0, 0.1) is 5.41 Å². The first-order chi connectivity index (χ1) is 18.4. The van der Waals surface area contributed by atoms with Gasteiger partial charge in [0.2, 0.25) is 0 Å². The zero-order chi connectivity index (χ0) is 27.2. The highest BCUT2D eigenvalue weighted by molar-refractivity contribution is 6.12. The van der Waals surface area contributed by atoms with Gasteiger partial charge in [-0.15, -0.1) is 0 Å². The van der Waals surface area contributed by atoms with E-state index < -0.39 is 6.43 Å². The molecule has 1 aromatic rings. The van der Waals surface area contributed by atoms with E-state index in [-0.39, 0.29) is 30.0 Å². The predicted molar refractivity (Wildman–Crippen MR) is 146 cm³/mol. The van der Waals surface area contributed by atoms with Gasteiger partial charge in [0, 0.05) is 93.4 Å². The molecule has 11 heteroatoms. The van der Waals surface area contributed by atoms with Crippen molar-refractivity contribution >= 4 is 29.3 Å². The molecule has 0 aromatic heterocycles. The first kappa shape index (κ1) is 27.6. The number of carbonyl (C=O) groups excluding carboxylic acids is 1. The summed E-state index contributed by atoms with van der Waals surface area (Å²) in [4.78, 5) is 19.9. The van der Waals surface area contributed by atoms with Crippen LogP contribution < -0.4 is 21.3 Å². The van der Waals surface area contributed by atoms with E-state index in [2.05, 4.69) is 15.6 Å². The van der Waals surface area contributed by atoms with E-state index >= 15 is 0 Å². The van der Waals surface area contributed by atoms with Gasteiger partial charge in [-0.05, 0) is 48.9 Å². The van der Waals surface area contributed by atoms with Crippen molar-refractivity contribution < 1.29 is 18.3 Å². The van der Waals surface area contributed by atoms with Gasteiger partial charge in [-0.25, -0.2) is 13.6 Å². The molecular formula is C27H37F2N7O2. The Kier molecular flexibility index (Phi) is 8.98. The number of hydrogen-bond acceptors (Lipinski definition) is 6. The van der Waals surface area contributed by atoms with E-state index in [9.17, 15) is 19.0 Å². The molecule has 1 saturated heterocycles. The van der Waals surface area contributed by atoms with Gasteiger partial charge in [0.15, 0.2) is 0 Å². The molecule has 3 heterocycles. The summed E-state index contributed by atoms with van der Waals surface area (Å²) in [5.74, 6) is 0.229. The summed E-state index contributed by atoms with van der Waals surface area (Å²) in [5.41, 5.74) is 9.50. The molecule has 4 rings (SSSR count). The van der Waals surface area contributed by atoms with Crippen molar-refractivity contribution in [3.8, 4) is 0 Å². The van der Waals surface area contributed by atoms with Gasteiger partial charge in [-0.1, -0.05) is 0 Å².